The number of carbonyl (C=O) groups is 1. The molecule has 8 heteroatoms. The predicted molar refractivity (Wildman–Crippen MR) is 101 cm³/mol. The molecule has 0 amide bonds. The second kappa shape index (κ2) is 7.49. The average molecular weight is 409 g/mol. The highest BCUT2D eigenvalue weighted by atomic mass is 35.7. The summed E-state index contributed by atoms with van der Waals surface area (Å²) < 4.78 is 30.0. The fraction of sp³-hybridized carbons (Fsp3) is 0.0556. The van der Waals surface area contributed by atoms with Crippen molar-refractivity contribution in [3.63, 3.8) is 0 Å². The minimum Gasteiger partial charge on any atom is -0.488 e. The highest BCUT2D eigenvalue weighted by molar-refractivity contribution is 8.13. The number of benzene rings is 2. The van der Waals surface area contributed by atoms with Gasteiger partial charge in [-0.25, -0.2) is 13.2 Å². The Balaban J connectivity index is 2.21. The lowest BCUT2D eigenvalue weighted by molar-refractivity contribution is 0.0696. The van der Waals surface area contributed by atoms with Crippen LogP contribution < -0.4 is 4.74 Å². The summed E-state index contributed by atoms with van der Waals surface area (Å²) in [5.41, 5.74) is 1.47. The Bertz CT molecular complexity index is 1030. The Morgan fingerprint density at radius 3 is 2.46 bits per heavy atom. The normalized spacial score (nSPS) is 11.3. The first kappa shape index (κ1) is 18.4. The second-order valence-corrected chi connectivity index (χ2v) is 8.69. The van der Waals surface area contributed by atoms with Crippen LogP contribution in [0.1, 0.15) is 15.9 Å². The van der Waals surface area contributed by atoms with Crippen LogP contribution >= 0.6 is 22.0 Å². The van der Waals surface area contributed by atoms with Crippen molar-refractivity contribution in [1.29, 1.82) is 0 Å². The third kappa shape index (κ3) is 4.07. The molecule has 1 N–H and O–H groups in total. The molecule has 3 aromatic rings. The van der Waals surface area contributed by atoms with Crippen molar-refractivity contribution in [2.75, 3.05) is 0 Å². The van der Waals surface area contributed by atoms with Gasteiger partial charge in [0.25, 0.3) is 9.05 Å². The van der Waals surface area contributed by atoms with Gasteiger partial charge in [0.15, 0.2) is 0 Å². The number of carboxylic acid groups (broad SMARTS) is 1. The zero-order valence-electron chi connectivity index (χ0n) is 13.3. The summed E-state index contributed by atoms with van der Waals surface area (Å²) in [4.78, 5) is 11.1. The molecule has 0 saturated heterocycles. The lowest BCUT2D eigenvalue weighted by Gasteiger charge is -2.15. The van der Waals surface area contributed by atoms with Crippen molar-refractivity contribution in [1.82, 2.24) is 0 Å². The molecular weight excluding hydrogens is 396 g/mol. The standard InChI is InChI=1S/C18H13ClO5S2/c19-26(22,23)16-9-14(18(20)21)8-15(24-10-12-6-7-25-11-12)17(16)13-4-2-1-3-5-13/h1-9,11H,10H2,(H,20,21). The number of carboxylic acids is 1. The number of hydrogen-bond donors (Lipinski definition) is 1. The van der Waals surface area contributed by atoms with Gasteiger partial charge in [-0.3, -0.25) is 0 Å². The fourth-order valence-electron chi connectivity index (χ4n) is 2.44. The topological polar surface area (TPSA) is 80.7 Å². The minimum absolute atomic E-state index is 0.140. The smallest absolute Gasteiger partial charge is 0.335 e. The number of hydrogen-bond acceptors (Lipinski definition) is 5. The average Bonchev–Trinajstić information content (AvgIpc) is 3.12. The van der Waals surface area contributed by atoms with E-state index in [0.717, 1.165) is 11.6 Å². The van der Waals surface area contributed by atoms with Gasteiger partial charge < -0.3 is 9.84 Å². The van der Waals surface area contributed by atoms with E-state index in [1.54, 1.807) is 30.3 Å². The molecule has 3 rings (SSSR count). The van der Waals surface area contributed by atoms with Gasteiger partial charge in [-0.1, -0.05) is 30.3 Å². The van der Waals surface area contributed by atoms with Crippen molar-refractivity contribution >= 4 is 37.0 Å². The zero-order chi connectivity index (χ0) is 18.7. The number of halogens is 1. The number of ether oxygens (including phenoxy) is 1. The molecule has 0 spiro atoms. The van der Waals surface area contributed by atoms with E-state index in [-0.39, 0.29) is 28.4 Å². The molecule has 0 aliphatic carbocycles. The monoisotopic (exact) mass is 408 g/mol. The fourth-order valence-corrected chi connectivity index (χ4v) is 4.19. The van der Waals surface area contributed by atoms with Gasteiger partial charge in [0, 0.05) is 16.2 Å². The van der Waals surface area contributed by atoms with Gasteiger partial charge in [0.2, 0.25) is 0 Å². The molecule has 26 heavy (non-hydrogen) atoms. The Hall–Kier alpha value is -2.35. The van der Waals surface area contributed by atoms with E-state index in [2.05, 4.69) is 0 Å². The molecular formula is C18H13ClO5S2. The molecule has 5 nitrogen and oxygen atoms in total. The van der Waals surface area contributed by atoms with E-state index in [9.17, 15) is 18.3 Å². The molecule has 1 aromatic heterocycles. The molecule has 0 radical (unpaired) electrons. The lowest BCUT2D eigenvalue weighted by Crippen LogP contribution is -2.05. The van der Waals surface area contributed by atoms with E-state index in [0.29, 0.717) is 5.56 Å². The van der Waals surface area contributed by atoms with Crippen molar-refractivity contribution in [2.45, 2.75) is 11.5 Å². The summed E-state index contributed by atoms with van der Waals surface area (Å²) in [6, 6.07) is 12.9. The van der Waals surface area contributed by atoms with Crippen LogP contribution in [0.5, 0.6) is 5.75 Å². The first-order chi connectivity index (χ1) is 12.4. The maximum atomic E-state index is 12.1. The first-order valence-corrected chi connectivity index (χ1v) is 10.7. The summed E-state index contributed by atoms with van der Waals surface area (Å²) in [6.07, 6.45) is 0. The Labute approximate surface area is 158 Å². The van der Waals surface area contributed by atoms with E-state index in [1.807, 2.05) is 16.8 Å². The number of thiophene rings is 1. The van der Waals surface area contributed by atoms with Crippen LogP contribution in [0.4, 0.5) is 0 Å². The van der Waals surface area contributed by atoms with Crippen LogP contribution in [0.15, 0.2) is 64.2 Å². The van der Waals surface area contributed by atoms with E-state index < -0.39 is 15.0 Å². The van der Waals surface area contributed by atoms with Crippen LogP contribution in [-0.2, 0) is 15.7 Å². The summed E-state index contributed by atoms with van der Waals surface area (Å²) in [5.74, 6) is -1.13. The molecule has 0 fully saturated rings. The number of aromatic carboxylic acids is 1. The van der Waals surface area contributed by atoms with Crippen LogP contribution in [0.3, 0.4) is 0 Å². The zero-order valence-corrected chi connectivity index (χ0v) is 15.6. The highest BCUT2D eigenvalue weighted by Crippen LogP contribution is 2.39. The van der Waals surface area contributed by atoms with Crippen molar-refractivity contribution in [3.8, 4) is 16.9 Å². The molecule has 0 aliphatic heterocycles. The first-order valence-electron chi connectivity index (χ1n) is 7.41. The quantitative estimate of drug-likeness (QED) is 0.602. The van der Waals surface area contributed by atoms with Gasteiger partial charge in [0.05, 0.1) is 10.5 Å². The van der Waals surface area contributed by atoms with Gasteiger partial charge in [0.1, 0.15) is 12.4 Å². The Kier molecular flexibility index (Phi) is 5.31. The molecule has 0 bridgehead atoms. The largest absolute Gasteiger partial charge is 0.488 e. The minimum atomic E-state index is -4.20. The summed E-state index contributed by atoms with van der Waals surface area (Å²) in [5, 5.41) is 13.1. The van der Waals surface area contributed by atoms with E-state index in [1.165, 1.54) is 17.4 Å². The van der Waals surface area contributed by atoms with Gasteiger partial charge in [-0.05, 0) is 40.1 Å². The van der Waals surface area contributed by atoms with Crippen LogP contribution in [-0.4, -0.2) is 19.5 Å². The predicted octanol–water partition coefficient (Wildman–Crippen LogP) is 4.62. The summed E-state index contributed by atoms with van der Waals surface area (Å²) in [7, 11) is 1.39. The van der Waals surface area contributed by atoms with Gasteiger partial charge >= 0.3 is 5.97 Å². The molecule has 1 heterocycles. The Morgan fingerprint density at radius 2 is 1.88 bits per heavy atom. The summed E-state index contributed by atoms with van der Waals surface area (Å²) in [6.45, 7) is 0.175. The lowest BCUT2D eigenvalue weighted by atomic mass is 10.0. The summed E-state index contributed by atoms with van der Waals surface area (Å²) >= 11 is 1.50. The van der Waals surface area contributed by atoms with Crippen LogP contribution in [0, 0.1) is 0 Å². The maximum Gasteiger partial charge on any atom is 0.335 e. The Morgan fingerprint density at radius 1 is 1.15 bits per heavy atom. The molecule has 0 atom stereocenters. The van der Waals surface area contributed by atoms with Crippen molar-refractivity contribution in [3.05, 3.63) is 70.4 Å². The number of rotatable bonds is 6. The molecule has 0 aliphatic rings. The van der Waals surface area contributed by atoms with Crippen molar-refractivity contribution in [2.24, 2.45) is 0 Å². The molecule has 0 saturated carbocycles. The highest BCUT2D eigenvalue weighted by Gasteiger charge is 2.24. The third-order valence-corrected chi connectivity index (χ3v) is 5.69. The van der Waals surface area contributed by atoms with Gasteiger partial charge in [-0.2, -0.15) is 11.3 Å². The van der Waals surface area contributed by atoms with Gasteiger partial charge in [-0.15, -0.1) is 0 Å². The third-order valence-electron chi connectivity index (χ3n) is 3.61. The van der Waals surface area contributed by atoms with Crippen LogP contribution in [0.25, 0.3) is 11.1 Å². The molecule has 134 valence electrons. The van der Waals surface area contributed by atoms with E-state index in [4.69, 9.17) is 15.4 Å². The molecule has 0 unspecified atom stereocenters. The second-order valence-electron chi connectivity index (χ2n) is 5.38. The molecule has 2 aromatic carbocycles. The van der Waals surface area contributed by atoms with Crippen molar-refractivity contribution < 1.29 is 23.1 Å². The maximum absolute atomic E-state index is 12.1. The SMILES string of the molecule is O=C(O)c1cc(OCc2ccsc2)c(-c2ccccc2)c(S(=O)(=O)Cl)c1. The van der Waals surface area contributed by atoms with E-state index >= 15 is 0 Å². The van der Waals surface area contributed by atoms with Crippen LogP contribution in [0.2, 0.25) is 0 Å².